The summed E-state index contributed by atoms with van der Waals surface area (Å²) in [6, 6.07) is 5.63. The standard InChI is InChI=1S/C15H18INO2/c16-11-6-7-14(18)12(9-11)15(19)17-8-2-4-10-3-1-5-13(10)17/h6-7,9-10,13,18H,1-5,8H2. The van der Waals surface area contributed by atoms with E-state index in [1.165, 1.54) is 19.3 Å². The SMILES string of the molecule is O=C(c1cc(I)ccc1O)N1CCCC2CCCC21. The number of carbonyl (C=O) groups is 1. The topological polar surface area (TPSA) is 40.5 Å². The van der Waals surface area contributed by atoms with Crippen molar-refractivity contribution in [2.75, 3.05) is 6.54 Å². The maximum atomic E-state index is 12.7. The molecule has 2 unspecified atom stereocenters. The minimum atomic E-state index is 0.00705. The Balaban J connectivity index is 1.88. The van der Waals surface area contributed by atoms with E-state index in [1.807, 2.05) is 11.0 Å². The van der Waals surface area contributed by atoms with E-state index >= 15 is 0 Å². The number of fused-ring (bicyclic) bond motifs is 1. The van der Waals surface area contributed by atoms with Gasteiger partial charge in [-0.15, -0.1) is 0 Å². The highest BCUT2D eigenvalue weighted by molar-refractivity contribution is 14.1. The third-order valence-electron chi connectivity index (χ3n) is 4.44. The van der Waals surface area contributed by atoms with Crippen molar-refractivity contribution in [1.29, 1.82) is 0 Å². The zero-order valence-electron chi connectivity index (χ0n) is 10.8. The van der Waals surface area contributed by atoms with Gasteiger partial charge in [-0.2, -0.15) is 0 Å². The highest BCUT2D eigenvalue weighted by atomic mass is 127. The Morgan fingerprint density at radius 3 is 2.89 bits per heavy atom. The predicted octanol–water partition coefficient (Wildman–Crippen LogP) is 3.40. The molecule has 1 saturated heterocycles. The molecule has 1 saturated carbocycles. The van der Waals surface area contributed by atoms with Crippen molar-refractivity contribution in [3.05, 3.63) is 27.3 Å². The molecular weight excluding hydrogens is 353 g/mol. The molecule has 4 heteroatoms. The quantitative estimate of drug-likeness (QED) is 0.769. The van der Waals surface area contributed by atoms with Crippen LogP contribution in [0.3, 0.4) is 0 Å². The number of piperidine rings is 1. The Morgan fingerprint density at radius 1 is 1.26 bits per heavy atom. The molecule has 0 bridgehead atoms. The largest absolute Gasteiger partial charge is 0.507 e. The highest BCUT2D eigenvalue weighted by Gasteiger charge is 2.38. The van der Waals surface area contributed by atoms with Gasteiger partial charge >= 0.3 is 0 Å². The van der Waals surface area contributed by atoms with Gasteiger partial charge in [-0.1, -0.05) is 6.42 Å². The number of phenolic OH excluding ortho intramolecular Hbond substituents is 1. The number of benzene rings is 1. The molecular formula is C15H18INO2. The number of nitrogens with zero attached hydrogens (tertiary/aromatic N) is 1. The van der Waals surface area contributed by atoms with Crippen LogP contribution < -0.4 is 0 Å². The fourth-order valence-electron chi connectivity index (χ4n) is 3.54. The van der Waals surface area contributed by atoms with Crippen LogP contribution in [0.15, 0.2) is 18.2 Å². The molecule has 3 rings (SSSR count). The average Bonchev–Trinajstić information content (AvgIpc) is 2.89. The van der Waals surface area contributed by atoms with Gasteiger partial charge in [0.25, 0.3) is 5.91 Å². The van der Waals surface area contributed by atoms with E-state index in [0.29, 0.717) is 17.5 Å². The van der Waals surface area contributed by atoms with Gasteiger partial charge in [0.1, 0.15) is 5.75 Å². The third-order valence-corrected chi connectivity index (χ3v) is 5.11. The average molecular weight is 371 g/mol. The number of aromatic hydroxyl groups is 1. The Kier molecular flexibility index (Phi) is 3.69. The summed E-state index contributed by atoms with van der Waals surface area (Å²) in [6.45, 7) is 0.838. The summed E-state index contributed by atoms with van der Waals surface area (Å²) in [6.07, 6.45) is 5.97. The molecule has 19 heavy (non-hydrogen) atoms. The maximum absolute atomic E-state index is 12.7. The number of phenols is 1. The molecule has 3 nitrogen and oxygen atoms in total. The third kappa shape index (κ3) is 2.47. The first-order valence-electron chi connectivity index (χ1n) is 6.96. The van der Waals surface area contributed by atoms with Crippen molar-refractivity contribution in [2.24, 2.45) is 5.92 Å². The molecule has 0 spiro atoms. The molecule has 2 aliphatic rings. The number of rotatable bonds is 1. The molecule has 1 N–H and O–H groups in total. The number of carbonyl (C=O) groups excluding carboxylic acids is 1. The van der Waals surface area contributed by atoms with E-state index in [2.05, 4.69) is 22.6 Å². The van der Waals surface area contributed by atoms with Crippen LogP contribution in [0, 0.1) is 9.49 Å². The normalized spacial score (nSPS) is 26.3. The molecule has 0 aromatic heterocycles. The van der Waals surface area contributed by atoms with Crippen molar-refractivity contribution in [1.82, 2.24) is 4.90 Å². The lowest BCUT2D eigenvalue weighted by atomic mass is 9.91. The minimum absolute atomic E-state index is 0.00705. The second-order valence-corrected chi connectivity index (χ2v) is 6.81. The first-order valence-corrected chi connectivity index (χ1v) is 8.04. The van der Waals surface area contributed by atoms with E-state index in [0.717, 1.165) is 23.0 Å². The molecule has 1 heterocycles. The van der Waals surface area contributed by atoms with Gasteiger partial charge in [-0.3, -0.25) is 4.79 Å². The first-order chi connectivity index (χ1) is 9.16. The molecule has 2 fully saturated rings. The summed E-state index contributed by atoms with van der Waals surface area (Å²) in [4.78, 5) is 14.7. The monoisotopic (exact) mass is 371 g/mol. The van der Waals surface area contributed by atoms with Gasteiger partial charge in [-0.25, -0.2) is 0 Å². The van der Waals surface area contributed by atoms with Crippen LogP contribution in [-0.2, 0) is 0 Å². The van der Waals surface area contributed by atoms with Crippen molar-refractivity contribution in [3.8, 4) is 5.75 Å². The minimum Gasteiger partial charge on any atom is -0.507 e. The fourth-order valence-corrected chi connectivity index (χ4v) is 4.03. The number of likely N-dealkylation sites (tertiary alicyclic amines) is 1. The van der Waals surface area contributed by atoms with E-state index in [1.54, 1.807) is 12.1 Å². The lowest BCUT2D eigenvalue weighted by Gasteiger charge is -2.38. The highest BCUT2D eigenvalue weighted by Crippen LogP contribution is 2.38. The number of halogens is 1. The number of hydrogen-bond donors (Lipinski definition) is 1. The fraction of sp³-hybridized carbons (Fsp3) is 0.533. The van der Waals surface area contributed by atoms with Crippen molar-refractivity contribution < 1.29 is 9.90 Å². The van der Waals surface area contributed by atoms with Gasteiger partial charge in [0, 0.05) is 16.2 Å². The molecule has 1 aliphatic heterocycles. The van der Waals surface area contributed by atoms with Crippen molar-refractivity contribution in [2.45, 2.75) is 38.1 Å². The van der Waals surface area contributed by atoms with Crippen LogP contribution in [0.1, 0.15) is 42.5 Å². The molecule has 1 aromatic rings. The van der Waals surface area contributed by atoms with Crippen LogP contribution in [-0.4, -0.2) is 28.5 Å². The van der Waals surface area contributed by atoms with Gasteiger partial charge in [0.2, 0.25) is 0 Å². The molecule has 102 valence electrons. The Hall–Kier alpha value is -0.780. The first kappa shape index (κ1) is 13.2. The Labute approximate surface area is 127 Å². The Morgan fingerprint density at radius 2 is 2.05 bits per heavy atom. The molecule has 0 radical (unpaired) electrons. The van der Waals surface area contributed by atoms with Gasteiger partial charge < -0.3 is 10.0 Å². The number of hydrogen-bond acceptors (Lipinski definition) is 2. The summed E-state index contributed by atoms with van der Waals surface area (Å²) in [5, 5.41) is 9.93. The lowest BCUT2D eigenvalue weighted by Crippen LogP contribution is -2.46. The lowest BCUT2D eigenvalue weighted by molar-refractivity contribution is 0.0545. The van der Waals surface area contributed by atoms with E-state index in [-0.39, 0.29) is 11.7 Å². The van der Waals surface area contributed by atoms with Crippen LogP contribution in [0.2, 0.25) is 0 Å². The summed E-state index contributed by atoms with van der Waals surface area (Å²) in [7, 11) is 0. The number of amides is 1. The molecule has 1 aromatic carbocycles. The predicted molar refractivity (Wildman–Crippen MR) is 82.2 cm³/mol. The maximum Gasteiger partial charge on any atom is 0.257 e. The van der Waals surface area contributed by atoms with Crippen LogP contribution in [0.5, 0.6) is 5.75 Å². The molecule has 2 atom stereocenters. The Bertz CT molecular complexity index is 503. The smallest absolute Gasteiger partial charge is 0.257 e. The van der Waals surface area contributed by atoms with Crippen LogP contribution in [0.4, 0.5) is 0 Å². The van der Waals surface area contributed by atoms with Crippen LogP contribution in [0.25, 0.3) is 0 Å². The summed E-state index contributed by atoms with van der Waals surface area (Å²) in [5.41, 5.74) is 0.458. The van der Waals surface area contributed by atoms with E-state index < -0.39 is 0 Å². The molecule has 1 aliphatic carbocycles. The summed E-state index contributed by atoms with van der Waals surface area (Å²) in [5.74, 6) is 0.792. The second-order valence-electron chi connectivity index (χ2n) is 5.56. The van der Waals surface area contributed by atoms with Gasteiger partial charge in [-0.05, 0) is 72.4 Å². The second kappa shape index (κ2) is 5.31. The zero-order valence-corrected chi connectivity index (χ0v) is 13.0. The molecule has 1 amide bonds. The summed E-state index contributed by atoms with van der Waals surface area (Å²) < 4.78 is 0.985. The summed E-state index contributed by atoms with van der Waals surface area (Å²) >= 11 is 2.18. The van der Waals surface area contributed by atoms with Crippen LogP contribution >= 0.6 is 22.6 Å². The van der Waals surface area contributed by atoms with Crippen molar-refractivity contribution >= 4 is 28.5 Å². The van der Waals surface area contributed by atoms with Gasteiger partial charge in [0.15, 0.2) is 0 Å². The zero-order chi connectivity index (χ0) is 13.4. The van der Waals surface area contributed by atoms with E-state index in [4.69, 9.17) is 0 Å². The van der Waals surface area contributed by atoms with Crippen molar-refractivity contribution in [3.63, 3.8) is 0 Å². The van der Waals surface area contributed by atoms with Gasteiger partial charge in [0.05, 0.1) is 5.56 Å². The van der Waals surface area contributed by atoms with E-state index in [9.17, 15) is 9.90 Å².